The zero-order chi connectivity index (χ0) is 23.9. The zero-order valence-corrected chi connectivity index (χ0v) is 19.6. The predicted molar refractivity (Wildman–Crippen MR) is 152 cm³/mol. The van der Waals surface area contributed by atoms with Crippen LogP contribution in [-0.2, 0) is 0 Å². The molecule has 0 aliphatic heterocycles. The fraction of sp³-hybridized carbons (Fsp3) is 0. The van der Waals surface area contributed by atoms with E-state index in [9.17, 15) is 0 Å². The molecule has 1 heterocycles. The van der Waals surface area contributed by atoms with Gasteiger partial charge in [-0.15, -0.1) is 0 Å². The van der Waals surface area contributed by atoms with Crippen LogP contribution in [0.3, 0.4) is 0 Å². The summed E-state index contributed by atoms with van der Waals surface area (Å²) in [5, 5.41) is 8.32. The summed E-state index contributed by atoms with van der Waals surface area (Å²) in [7, 11) is 0. The standard InChI is InChI=1S/C34H23NO/c1-2-7-24(8-3-1)29-11-6-9-25-13-14-26(21-32(25)29)23-15-17-27(18-16-23)35-28-19-20-31-30-10-4-5-12-33(30)36-34(31)22-28/h1-22,35H. The van der Waals surface area contributed by atoms with Crippen LogP contribution in [-0.4, -0.2) is 0 Å². The minimum Gasteiger partial charge on any atom is -0.456 e. The largest absolute Gasteiger partial charge is 0.456 e. The van der Waals surface area contributed by atoms with Gasteiger partial charge in [-0.05, 0) is 69.4 Å². The molecule has 0 saturated heterocycles. The second kappa shape index (κ2) is 8.44. The van der Waals surface area contributed by atoms with Crippen LogP contribution in [0, 0.1) is 0 Å². The van der Waals surface area contributed by atoms with Gasteiger partial charge in [0.1, 0.15) is 11.2 Å². The molecule has 0 atom stereocenters. The molecule has 2 nitrogen and oxygen atoms in total. The molecular formula is C34H23NO. The Labute approximate surface area is 209 Å². The molecule has 0 aliphatic carbocycles. The summed E-state index contributed by atoms with van der Waals surface area (Å²) in [5.74, 6) is 0. The minimum absolute atomic E-state index is 0.892. The molecule has 0 unspecified atom stereocenters. The fourth-order valence-electron chi connectivity index (χ4n) is 5.04. The SMILES string of the molecule is c1ccc(-c2cccc3ccc(-c4ccc(Nc5ccc6c(c5)oc5ccccc56)cc4)cc23)cc1. The first-order valence-electron chi connectivity index (χ1n) is 12.2. The molecule has 1 aromatic heterocycles. The maximum atomic E-state index is 6.04. The lowest BCUT2D eigenvalue weighted by molar-refractivity contribution is 0.669. The Hall–Kier alpha value is -4.82. The van der Waals surface area contributed by atoms with Crippen LogP contribution >= 0.6 is 0 Å². The number of rotatable bonds is 4. The first kappa shape index (κ1) is 20.5. The Morgan fingerprint density at radius 3 is 2.06 bits per heavy atom. The van der Waals surface area contributed by atoms with Crippen molar-refractivity contribution in [2.75, 3.05) is 5.32 Å². The van der Waals surface area contributed by atoms with Crippen molar-refractivity contribution in [1.29, 1.82) is 0 Å². The summed E-state index contributed by atoms with van der Waals surface area (Å²) in [6, 6.07) is 46.9. The summed E-state index contributed by atoms with van der Waals surface area (Å²) >= 11 is 0. The van der Waals surface area contributed by atoms with E-state index in [1.165, 1.54) is 33.0 Å². The summed E-state index contributed by atoms with van der Waals surface area (Å²) < 4.78 is 6.04. The molecule has 2 heteroatoms. The van der Waals surface area contributed by atoms with Crippen LogP contribution in [0.1, 0.15) is 0 Å². The molecule has 0 bridgehead atoms. The van der Waals surface area contributed by atoms with Crippen LogP contribution < -0.4 is 5.32 Å². The molecule has 0 aliphatic rings. The van der Waals surface area contributed by atoms with E-state index < -0.39 is 0 Å². The van der Waals surface area contributed by atoms with Gasteiger partial charge in [0.15, 0.2) is 0 Å². The van der Waals surface area contributed by atoms with E-state index in [0.717, 1.165) is 33.3 Å². The summed E-state index contributed by atoms with van der Waals surface area (Å²) in [5.41, 5.74) is 8.75. The van der Waals surface area contributed by atoms with Gasteiger partial charge in [-0.1, -0.05) is 91.0 Å². The lowest BCUT2D eigenvalue weighted by Gasteiger charge is -2.11. The van der Waals surface area contributed by atoms with Crippen LogP contribution in [0.5, 0.6) is 0 Å². The topological polar surface area (TPSA) is 25.2 Å². The Balaban J connectivity index is 1.19. The molecule has 0 amide bonds. The van der Waals surface area contributed by atoms with Crippen molar-refractivity contribution in [1.82, 2.24) is 0 Å². The smallest absolute Gasteiger partial charge is 0.137 e. The number of hydrogen-bond donors (Lipinski definition) is 1. The van der Waals surface area contributed by atoms with E-state index >= 15 is 0 Å². The van der Waals surface area contributed by atoms with E-state index in [-0.39, 0.29) is 0 Å². The highest BCUT2D eigenvalue weighted by Gasteiger charge is 2.08. The van der Waals surface area contributed by atoms with Crippen molar-refractivity contribution in [3.8, 4) is 22.3 Å². The third kappa shape index (κ3) is 3.60. The van der Waals surface area contributed by atoms with Crippen LogP contribution in [0.25, 0.3) is 55.0 Å². The molecule has 7 aromatic rings. The van der Waals surface area contributed by atoms with Gasteiger partial charge in [0.25, 0.3) is 0 Å². The maximum Gasteiger partial charge on any atom is 0.137 e. The van der Waals surface area contributed by atoms with Gasteiger partial charge < -0.3 is 9.73 Å². The first-order chi connectivity index (χ1) is 17.8. The van der Waals surface area contributed by atoms with Crippen molar-refractivity contribution >= 4 is 44.1 Å². The number of furan rings is 1. The maximum absolute atomic E-state index is 6.04. The average molecular weight is 462 g/mol. The summed E-state index contributed by atoms with van der Waals surface area (Å²) in [6.45, 7) is 0. The second-order valence-corrected chi connectivity index (χ2v) is 9.12. The lowest BCUT2D eigenvalue weighted by atomic mass is 9.95. The molecule has 6 aromatic carbocycles. The number of benzene rings is 6. The quantitative estimate of drug-likeness (QED) is 0.282. The average Bonchev–Trinajstić information content (AvgIpc) is 3.31. The van der Waals surface area contributed by atoms with Gasteiger partial charge in [0, 0.05) is 28.2 Å². The van der Waals surface area contributed by atoms with Gasteiger partial charge in [-0.2, -0.15) is 0 Å². The molecule has 7 rings (SSSR count). The van der Waals surface area contributed by atoms with Crippen molar-refractivity contribution < 1.29 is 4.42 Å². The normalized spacial score (nSPS) is 11.3. The predicted octanol–water partition coefficient (Wildman–Crippen LogP) is 9.82. The highest BCUT2D eigenvalue weighted by molar-refractivity contribution is 6.05. The molecule has 0 fully saturated rings. The number of fused-ring (bicyclic) bond motifs is 4. The van der Waals surface area contributed by atoms with Crippen LogP contribution in [0.2, 0.25) is 0 Å². The van der Waals surface area contributed by atoms with Crippen LogP contribution in [0.4, 0.5) is 11.4 Å². The molecule has 0 spiro atoms. The molecule has 36 heavy (non-hydrogen) atoms. The van der Waals surface area contributed by atoms with Gasteiger partial charge in [-0.3, -0.25) is 0 Å². The Bertz CT molecular complexity index is 1850. The third-order valence-corrected chi connectivity index (χ3v) is 6.85. The van der Waals surface area contributed by atoms with Gasteiger partial charge in [0.2, 0.25) is 0 Å². The zero-order valence-electron chi connectivity index (χ0n) is 19.6. The highest BCUT2D eigenvalue weighted by atomic mass is 16.3. The van der Waals surface area contributed by atoms with Crippen molar-refractivity contribution in [2.45, 2.75) is 0 Å². The Kier molecular flexibility index (Phi) is 4.82. The molecule has 0 radical (unpaired) electrons. The Morgan fingerprint density at radius 1 is 0.417 bits per heavy atom. The van der Waals surface area contributed by atoms with E-state index in [1.807, 2.05) is 18.2 Å². The van der Waals surface area contributed by atoms with Crippen LogP contribution in [0.15, 0.2) is 138 Å². The van der Waals surface area contributed by atoms with Gasteiger partial charge in [-0.25, -0.2) is 0 Å². The van der Waals surface area contributed by atoms with E-state index in [4.69, 9.17) is 4.42 Å². The number of hydrogen-bond acceptors (Lipinski definition) is 2. The number of para-hydroxylation sites is 1. The first-order valence-corrected chi connectivity index (χ1v) is 12.2. The van der Waals surface area contributed by atoms with E-state index in [2.05, 4.69) is 121 Å². The summed E-state index contributed by atoms with van der Waals surface area (Å²) in [4.78, 5) is 0. The molecule has 1 N–H and O–H groups in total. The van der Waals surface area contributed by atoms with Gasteiger partial charge in [0.05, 0.1) is 0 Å². The lowest BCUT2D eigenvalue weighted by Crippen LogP contribution is -1.90. The highest BCUT2D eigenvalue weighted by Crippen LogP contribution is 2.34. The van der Waals surface area contributed by atoms with Gasteiger partial charge >= 0.3 is 0 Å². The molecular weight excluding hydrogens is 438 g/mol. The monoisotopic (exact) mass is 461 g/mol. The molecule has 0 saturated carbocycles. The summed E-state index contributed by atoms with van der Waals surface area (Å²) in [6.07, 6.45) is 0. The number of nitrogens with one attached hydrogen (secondary N) is 1. The van der Waals surface area contributed by atoms with Crippen molar-refractivity contribution in [3.63, 3.8) is 0 Å². The van der Waals surface area contributed by atoms with E-state index in [1.54, 1.807) is 0 Å². The Morgan fingerprint density at radius 2 is 1.17 bits per heavy atom. The van der Waals surface area contributed by atoms with E-state index in [0.29, 0.717) is 0 Å². The third-order valence-electron chi connectivity index (χ3n) is 6.85. The van der Waals surface area contributed by atoms with Crippen molar-refractivity contribution in [2.24, 2.45) is 0 Å². The fourth-order valence-corrected chi connectivity index (χ4v) is 5.04. The van der Waals surface area contributed by atoms with Crippen molar-refractivity contribution in [3.05, 3.63) is 133 Å². The molecule has 170 valence electrons. The number of anilines is 2. The second-order valence-electron chi connectivity index (χ2n) is 9.12. The minimum atomic E-state index is 0.892.